The van der Waals surface area contributed by atoms with Gasteiger partial charge in [-0.05, 0) is 23.6 Å². The summed E-state index contributed by atoms with van der Waals surface area (Å²) in [6.45, 7) is 0. The monoisotopic (exact) mass is 373 g/mol. The van der Waals surface area contributed by atoms with Crippen LogP contribution in [0.1, 0.15) is 16.1 Å². The zero-order valence-electron chi connectivity index (χ0n) is 13.3. The highest BCUT2D eigenvalue weighted by Gasteiger charge is 2.12. The van der Waals surface area contributed by atoms with E-state index in [2.05, 4.69) is 15.6 Å². The molecule has 2 aromatic heterocycles. The molecule has 0 bridgehead atoms. The van der Waals surface area contributed by atoms with Crippen molar-refractivity contribution in [3.05, 3.63) is 57.7 Å². The fourth-order valence-corrected chi connectivity index (χ4v) is 3.42. The summed E-state index contributed by atoms with van der Waals surface area (Å²) < 4.78 is 5.12. The van der Waals surface area contributed by atoms with Crippen LogP contribution in [-0.4, -0.2) is 23.9 Å². The van der Waals surface area contributed by atoms with E-state index in [1.165, 1.54) is 22.7 Å². The zero-order valence-corrected chi connectivity index (χ0v) is 14.9. The summed E-state index contributed by atoms with van der Waals surface area (Å²) in [4.78, 5) is 28.4. The molecule has 0 aliphatic heterocycles. The van der Waals surface area contributed by atoms with Gasteiger partial charge in [0.05, 0.1) is 24.8 Å². The second kappa shape index (κ2) is 7.91. The van der Waals surface area contributed by atoms with Crippen molar-refractivity contribution in [2.45, 2.75) is 6.42 Å². The van der Waals surface area contributed by atoms with Gasteiger partial charge in [0.15, 0.2) is 5.13 Å². The molecule has 1 aromatic carbocycles. The van der Waals surface area contributed by atoms with E-state index in [0.29, 0.717) is 27.8 Å². The van der Waals surface area contributed by atoms with Crippen LogP contribution in [0.15, 0.2) is 46.5 Å². The first-order chi connectivity index (χ1) is 12.1. The quantitative estimate of drug-likeness (QED) is 0.691. The molecule has 3 aromatic rings. The first kappa shape index (κ1) is 17.1. The molecule has 0 aliphatic carbocycles. The lowest BCUT2D eigenvalue weighted by molar-refractivity contribution is -0.115. The van der Waals surface area contributed by atoms with Crippen LogP contribution >= 0.6 is 22.7 Å². The van der Waals surface area contributed by atoms with Gasteiger partial charge in [-0.25, -0.2) is 4.98 Å². The minimum Gasteiger partial charge on any atom is -0.497 e. The summed E-state index contributed by atoms with van der Waals surface area (Å²) in [6.07, 6.45) is 0.127. The lowest BCUT2D eigenvalue weighted by atomic mass is 10.2. The number of nitrogens with zero attached hydrogens (tertiary/aromatic N) is 1. The van der Waals surface area contributed by atoms with Gasteiger partial charge in [-0.2, -0.15) is 11.3 Å². The molecule has 8 heteroatoms. The Labute approximate surface area is 152 Å². The summed E-state index contributed by atoms with van der Waals surface area (Å²) >= 11 is 2.75. The van der Waals surface area contributed by atoms with Crippen LogP contribution in [0.4, 0.5) is 10.8 Å². The zero-order chi connectivity index (χ0) is 17.6. The standard InChI is InChI=1S/C17H15N3O3S2/c1-23-14-4-2-3-12(7-14)18-15(21)8-13-10-25-17(19-13)20-16(22)11-5-6-24-9-11/h2-7,9-10H,8H2,1H3,(H,18,21)(H,19,20,22). The maximum Gasteiger partial charge on any atom is 0.258 e. The molecular formula is C17H15N3O3S2. The predicted octanol–water partition coefficient (Wildman–Crippen LogP) is 3.65. The number of anilines is 2. The van der Waals surface area contributed by atoms with Crippen molar-refractivity contribution in [1.29, 1.82) is 0 Å². The number of thiophene rings is 1. The summed E-state index contributed by atoms with van der Waals surface area (Å²) in [5.41, 5.74) is 1.86. The van der Waals surface area contributed by atoms with E-state index in [1.807, 2.05) is 5.38 Å². The smallest absolute Gasteiger partial charge is 0.258 e. The largest absolute Gasteiger partial charge is 0.497 e. The molecule has 0 unspecified atom stereocenters. The summed E-state index contributed by atoms with van der Waals surface area (Å²) in [6, 6.07) is 8.88. The number of aromatic nitrogens is 1. The van der Waals surface area contributed by atoms with Gasteiger partial charge in [0, 0.05) is 22.5 Å². The number of hydrogen-bond acceptors (Lipinski definition) is 6. The number of rotatable bonds is 6. The number of ether oxygens (including phenoxy) is 1. The Morgan fingerprint density at radius 2 is 2.08 bits per heavy atom. The normalized spacial score (nSPS) is 10.3. The molecule has 0 radical (unpaired) electrons. The number of carbonyl (C=O) groups is 2. The van der Waals surface area contributed by atoms with Crippen molar-refractivity contribution >= 4 is 45.3 Å². The highest BCUT2D eigenvalue weighted by atomic mass is 32.1. The molecule has 0 fully saturated rings. The van der Waals surface area contributed by atoms with Crippen LogP contribution in [0.2, 0.25) is 0 Å². The fraction of sp³-hybridized carbons (Fsp3) is 0.118. The van der Waals surface area contributed by atoms with Crippen LogP contribution in [0.25, 0.3) is 0 Å². The molecule has 0 spiro atoms. The van der Waals surface area contributed by atoms with Crippen molar-refractivity contribution in [3.8, 4) is 5.75 Å². The molecule has 3 rings (SSSR count). The van der Waals surface area contributed by atoms with Crippen LogP contribution in [-0.2, 0) is 11.2 Å². The predicted molar refractivity (Wildman–Crippen MR) is 99.7 cm³/mol. The second-order valence-corrected chi connectivity index (χ2v) is 6.71. The van der Waals surface area contributed by atoms with Crippen molar-refractivity contribution in [2.24, 2.45) is 0 Å². The number of benzene rings is 1. The van der Waals surface area contributed by atoms with Crippen molar-refractivity contribution in [2.75, 3.05) is 17.7 Å². The van der Waals surface area contributed by atoms with Crippen molar-refractivity contribution < 1.29 is 14.3 Å². The molecule has 2 heterocycles. The van der Waals surface area contributed by atoms with Crippen LogP contribution in [0.5, 0.6) is 5.75 Å². The van der Waals surface area contributed by atoms with E-state index in [-0.39, 0.29) is 18.2 Å². The van der Waals surface area contributed by atoms with Crippen LogP contribution in [0, 0.1) is 0 Å². The van der Waals surface area contributed by atoms with Gasteiger partial charge in [-0.15, -0.1) is 11.3 Å². The molecule has 0 aliphatic rings. The third-order valence-corrected chi connectivity index (χ3v) is 4.74. The third-order valence-electron chi connectivity index (χ3n) is 3.25. The van der Waals surface area contributed by atoms with Gasteiger partial charge in [0.1, 0.15) is 5.75 Å². The van der Waals surface area contributed by atoms with Gasteiger partial charge in [-0.1, -0.05) is 6.07 Å². The molecule has 25 heavy (non-hydrogen) atoms. The van der Waals surface area contributed by atoms with Gasteiger partial charge in [0.2, 0.25) is 5.91 Å². The van der Waals surface area contributed by atoms with E-state index in [0.717, 1.165) is 0 Å². The van der Waals surface area contributed by atoms with E-state index in [1.54, 1.807) is 48.2 Å². The third kappa shape index (κ3) is 4.65. The summed E-state index contributed by atoms with van der Waals surface area (Å²) in [7, 11) is 1.57. The number of nitrogens with one attached hydrogen (secondary N) is 2. The molecule has 2 amide bonds. The number of amides is 2. The minimum absolute atomic E-state index is 0.127. The van der Waals surface area contributed by atoms with Crippen molar-refractivity contribution in [3.63, 3.8) is 0 Å². The molecule has 6 nitrogen and oxygen atoms in total. The van der Waals surface area contributed by atoms with Crippen molar-refractivity contribution in [1.82, 2.24) is 4.98 Å². The Balaban J connectivity index is 1.57. The fourth-order valence-electron chi connectivity index (χ4n) is 2.08. The summed E-state index contributed by atoms with van der Waals surface area (Å²) in [5.74, 6) is 0.280. The SMILES string of the molecule is COc1cccc(NC(=O)Cc2csc(NC(=O)c3ccsc3)n2)c1. The van der Waals surface area contributed by atoms with Gasteiger partial charge in [-0.3, -0.25) is 14.9 Å². The lowest BCUT2D eigenvalue weighted by Crippen LogP contribution is -2.15. The average molecular weight is 373 g/mol. The van der Waals surface area contributed by atoms with Crippen LogP contribution < -0.4 is 15.4 Å². The Hall–Kier alpha value is -2.71. The Morgan fingerprint density at radius 3 is 2.84 bits per heavy atom. The molecule has 0 saturated heterocycles. The first-order valence-corrected chi connectivity index (χ1v) is 9.18. The molecule has 2 N–H and O–H groups in total. The van der Waals surface area contributed by atoms with E-state index >= 15 is 0 Å². The van der Waals surface area contributed by atoms with E-state index in [4.69, 9.17) is 4.74 Å². The van der Waals surface area contributed by atoms with E-state index in [9.17, 15) is 9.59 Å². The maximum atomic E-state index is 12.1. The van der Waals surface area contributed by atoms with Crippen LogP contribution in [0.3, 0.4) is 0 Å². The Bertz CT molecular complexity index is 875. The Kier molecular flexibility index (Phi) is 5.42. The second-order valence-electron chi connectivity index (χ2n) is 5.07. The van der Waals surface area contributed by atoms with Gasteiger partial charge >= 0.3 is 0 Å². The maximum absolute atomic E-state index is 12.1. The molecular weight excluding hydrogens is 358 g/mol. The average Bonchev–Trinajstić information content (AvgIpc) is 3.27. The Morgan fingerprint density at radius 1 is 1.20 bits per heavy atom. The first-order valence-electron chi connectivity index (χ1n) is 7.36. The van der Waals surface area contributed by atoms with Gasteiger partial charge in [0.25, 0.3) is 5.91 Å². The molecule has 0 saturated carbocycles. The van der Waals surface area contributed by atoms with E-state index < -0.39 is 0 Å². The number of carbonyl (C=O) groups excluding carboxylic acids is 2. The minimum atomic E-state index is -0.206. The highest BCUT2D eigenvalue weighted by Crippen LogP contribution is 2.19. The lowest BCUT2D eigenvalue weighted by Gasteiger charge is -2.06. The summed E-state index contributed by atoms with van der Waals surface area (Å²) in [5, 5.41) is 11.4. The number of hydrogen-bond donors (Lipinski definition) is 2. The van der Waals surface area contributed by atoms with Gasteiger partial charge < -0.3 is 10.1 Å². The highest BCUT2D eigenvalue weighted by molar-refractivity contribution is 7.14. The number of thiazole rings is 1. The molecule has 128 valence electrons. The topological polar surface area (TPSA) is 80.3 Å². The molecule has 0 atom stereocenters. The number of methoxy groups -OCH3 is 1.